The summed E-state index contributed by atoms with van der Waals surface area (Å²) in [4.78, 5) is 0. The third-order valence-corrected chi connectivity index (χ3v) is 6.54. The molecule has 6 nitrogen and oxygen atoms in total. The van der Waals surface area contributed by atoms with Gasteiger partial charge in [-0.2, -0.15) is 0 Å². The van der Waals surface area contributed by atoms with Gasteiger partial charge in [-0.25, -0.2) is 0 Å². The second kappa shape index (κ2) is 6.76. The van der Waals surface area contributed by atoms with Crippen LogP contribution >= 0.6 is 0 Å². The van der Waals surface area contributed by atoms with Crippen LogP contribution in [0.3, 0.4) is 0 Å². The molecule has 0 atom stereocenters. The van der Waals surface area contributed by atoms with Crippen LogP contribution in [0.2, 0.25) is 0 Å². The second-order valence-corrected chi connectivity index (χ2v) is 8.93. The van der Waals surface area contributed by atoms with Crippen molar-refractivity contribution >= 4 is 0 Å². The van der Waals surface area contributed by atoms with E-state index >= 15 is 0 Å². The average Bonchev–Trinajstić information content (AvgIpc) is 2.77. The number of hydrogen-bond acceptors (Lipinski definition) is 6. The van der Waals surface area contributed by atoms with Gasteiger partial charge in [0.15, 0.2) is 0 Å². The molecule has 0 radical (unpaired) electrons. The lowest BCUT2D eigenvalue weighted by Gasteiger charge is -2.53. The van der Waals surface area contributed by atoms with Gasteiger partial charge >= 0.3 is 11.9 Å². The molecule has 7 rings (SSSR count). The van der Waals surface area contributed by atoms with E-state index in [4.69, 9.17) is 28.4 Å². The van der Waals surface area contributed by atoms with E-state index in [-0.39, 0.29) is 10.8 Å². The monoisotopic (exact) mass is 390 g/mol. The minimum absolute atomic E-state index is 0.0164. The molecule has 0 N–H and O–H groups in total. The van der Waals surface area contributed by atoms with Crippen LogP contribution in [-0.2, 0) is 40.4 Å². The standard InChI is InChI=1S/C22H30O6/c1-3-8-19-11-23-21(24-12-19,25-13-19)17-6-5-7-18(10-17)22-26-14-20(9-4-2,15-27-22)16-28-22/h5-7,10H,3-4,8-9,11-16H2,1-2H3. The van der Waals surface area contributed by atoms with E-state index in [1.165, 1.54) is 0 Å². The average molecular weight is 390 g/mol. The van der Waals surface area contributed by atoms with Crippen molar-refractivity contribution in [1.82, 2.24) is 0 Å². The molecule has 1 aromatic carbocycles. The number of hydrogen-bond donors (Lipinski definition) is 0. The van der Waals surface area contributed by atoms with Crippen molar-refractivity contribution in [2.45, 2.75) is 51.5 Å². The van der Waals surface area contributed by atoms with Crippen molar-refractivity contribution in [2.75, 3.05) is 39.6 Å². The van der Waals surface area contributed by atoms with Gasteiger partial charge in [0.25, 0.3) is 0 Å². The largest absolute Gasteiger partial charge is 0.323 e. The van der Waals surface area contributed by atoms with Crippen LogP contribution in [0.4, 0.5) is 0 Å². The second-order valence-electron chi connectivity index (χ2n) is 8.93. The van der Waals surface area contributed by atoms with E-state index < -0.39 is 11.9 Å². The zero-order chi connectivity index (χ0) is 19.3. The predicted molar refractivity (Wildman–Crippen MR) is 100 cm³/mol. The molecule has 0 unspecified atom stereocenters. The molecule has 0 aliphatic carbocycles. The molecule has 0 saturated carbocycles. The van der Waals surface area contributed by atoms with E-state index in [9.17, 15) is 0 Å². The lowest BCUT2D eigenvalue weighted by atomic mass is 9.83. The van der Waals surface area contributed by atoms with Crippen LogP contribution in [0.15, 0.2) is 24.3 Å². The third-order valence-electron chi connectivity index (χ3n) is 6.54. The number of ether oxygens (including phenoxy) is 6. The van der Waals surface area contributed by atoms with E-state index in [1.54, 1.807) is 0 Å². The maximum absolute atomic E-state index is 6.11. The minimum Gasteiger partial charge on any atom is -0.323 e. The van der Waals surface area contributed by atoms with Crippen LogP contribution in [0.1, 0.15) is 50.7 Å². The van der Waals surface area contributed by atoms with Crippen molar-refractivity contribution in [1.29, 1.82) is 0 Å². The summed E-state index contributed by atoms with van der Waals surface area (Å²) in [5.74, 6) is -2.28. The van der Waals surface area contributed by atoms with Crippen LogP contribution in [0, 0.1) is 10.8 Å². The smallest absolute Gasteiger partial charge is 0.312 e. The fraction of sp³-hybridized carbons (Fsp3) is 0.727. The highest BCUT2D eigenvalue weighted by molar-refractivity contribution is 5.29. The molecule has 6 aliphatic heterocycles. The first-order valence-electron chi connectivity index (χ1n) is 10.5. The maximum atomic E-state index is 6.11. The summed E-state index contributed by atoms with van der Waals surface area (Å²) in [6, 6.07) is 7.85. The van der Waals surface area contributed by atoms with Crippen LogP contribution in [0.25, 0.3) is 0 Å². The Balaban J connectivity index is 1.37. The molecule has 0 spiro atoms. The summed E-state index contributed by atoms with van der Waals surface area (Å²) in [7, 11) is 0. The third kappa shape index (κ3) is 2.85. The minimum atomic E-state index is -1.14. The molecule has 28 heavy (non-hydrogen) atoms. The molecule has 1 aromatic rings. The maximum Gasteiger partial charge on any atom is 0.312 e. The Morgan fingerprint density at radius 3 is 1.32 bits per heavy atom. The number of benzene rings is 1. The SMILES string of the molecule is CCCC12COC(c3cccc(C45OCC(CCC)(CO4)CO5)c3)(OC1)OC2. The van der Waals surface area contributed by atoms with E-state index in [0.717, 1.165) is 36.8 Å². The molecule has 6 aliphatic rings. The summed E-state index contributed by atoms with van der Waals surface area (Å²) in [5, 5.41) is 0. The number of rotatable bonds is 6. The first-order chi connectivity index (χ1) is 13.6. The molecule has 6 heteroatoms. The van der Waals surface area contributed by atoms with Gasteiger partial charge < -0.3 is 28.4 Å². The zero-order valence-electron chi connectivity index (χ0n) is 16.8. The first-order valence-corrected chi connectivity index (χ1v) is 10.5. The highest BCUT2D eigenvalue weighted by Gasteiger charge is 2.56. The van der Waals surface area contributed by atoms with Gasteiger partial charge in [-0.15, -0.1) is 0 Å². The molecule has 0 amide bonds. The topological polar surface area (TPSA) is 55.4 Å². The summed E-state index contributed by atoms with van der Waals surface area (Å²) in [5.41, 5.74) is 1.60. The van der Waals surface area contributed by atoms with E-state index in [1.807, 2.05) is 24.3 Å². The molecule has 4 bridgehead atoms. The van der Waals surface area contributed by atoms with E-state index in [2.05, 4.69) is 13.8 Å². The predicted octanol–water partition coefficient (Wildman–Crippen LogP) is 3.63. The number of fused-ring (bicyclic) bond motifs is 6. The molecule has 6 fully saturated rings. The molecular weight excluding hydrogens is 360 g/mol. The van der Waals surface area contributed by atoms with Gasteiger partial charge in [0.05, 0.1) is 39.6 Å². The Kier molecular flexibility index (Phi) is 4.58. The summed E-state index contributed by atoms with van der Waals surface area (Å²) in [6.07, 6.45) is 4.27. The van der Waals surface area contributed by atoms with Gasteiger partial charge in [0.2, 0.25) is 0 Å². The Morgan fingerprint density at radius 2 is 1.00 bits per heavy atom. The molecule has 6 saturated heterocycles. The van der Waals surface area contributed by atoms with E-state index in [0.29, 0.717) is 39.6 Å². The Bertz CT molecular complexity index is 625. The Labute approximate surface area is 166 Å². The van der Waals surface area contributed by atoms with Gasteiger partial charge in [-0.1, -0.05) is 44.9 Å². The van der Waals surface area contributed by atoms with Gasteiger partial charge in [0.1, 0.15) is 0 Å². The normalized spacial score (nSPS) is 42.1. The summed E-state index contributed by atoms with van der Waals surface area (Å²) >= 11 is 0. The molecule has 0 aromatic heterocycles. The summed E-state index contributed by atoms with van der Waals surface area (Å²) < 4.78 is 36.6. The fourth-order valence-electron chi connectivity index (χ4n) is 4.88. The Morgan fingerprint density at radius 1 is 0.643 bits per heavy atom. The van der Waals surface area contributed by atoms with Gasteiger partial charge in [0, 0.05) is 22.0 Å². The molecule has 6 heterocycles. The van der Waals surface area contributed by atoms with Crippen molar-refractivity contribution < 1.29 is 28.4 Å². The van der Waals surface area contributed by atoms with Crippen molar-refractivity contribution in [2.24, 2.45) is 10.8 Å². The highest BCUT2D eigenvalue weighted by atomic mass is 16.9. The van der Waals surface area contributed by atoms with Crippen LogP contribution < -0.4 is 0 Å². The van der Waals surface area contributed by atoms with Gasteiger partial charge in [-0.3, -0.25) is 0 Å². The molecule has 154 valence electrons. The van der Waals surface area contributed by atoms with Crippen molar-refractivity contribution in [3.05, 3.63) is 35.4 Å². The van der Waals surface area contributed by atoms with Gasteiger partial charge in [-0.05, 0) is 18.9 Å². The quantitative estimate of drug-likeness (QED) is 0.739. The first kappa shape index (κ1) is 19.0. The Hall–Kier alpha value is -1.02. The summed E-state index contributed by atoms with van der Waals surface area (Å²) in [6.45, 7) is 8.27. The van der Waals surface area contributed by atoms with Crippen LogP contribution in [0.5, 0.6) is 0 Å². The highest BCUT2D eigenvalue weighted by Crippen LogP contribution is 2.49. The lowest BCUT2D eigenvalue weighted by molar-refractivity contribution is -0.483. The fourth-order valence-corrected chi connectivity index (χ4v) is 4.88. The zero-order valence-corrected chi connectivity index (χ0v) is 16.8. The lowest BCUT2D eigenvalue weighted by Crippen LogP contribution is -2.59. The van der Waals surface area contributed by atoms with Crippen molar-refractivity contribution in [3.63, 3.8) is 0 Å². The molecular formula is C22H30O6. The van der Waals surface area contributed by atoms with Crippen molar-refractivity contribution in [3.8, 4) is 0 Å². The van der Waals surface area contributed by atoms with Crippen LogP contribution in [-0.4, -0.2) is 39.6 Å².